The molecule has 1 aliphatic rings. The van der Waals surface area contributed by atoms with Crippen molar-refractivity contribution in [2.75, 3.05) is 13.7 Å². The lowest BCUT2D eigenvalue weighted by Crippen LogP contribution is -2.31. The van der Waals surface area contributed by atoms with Crippen LogP contribution in [0.5, 0.6) is 5.75 Å². The zero-order valence-electron chi connectivity index (χ0n) is 15.9. The summed E-state index contributed by atoms with van der Waals surface area (Å²) in [5.74, 6) is -0.183. The van der Waals surface area contributed by atoms with E-state index in [0.29, 0.717) is 6.42 Å². The molecule has 2 aromatic rings. The lowest BCUT2D eigenvalue weighted by atomic mass is 9.98. The Kier molecular flexibility index (Phi) is 6.22. The van der Waals surface area contributed by atoms with Gasteiger partial charge in [0.1, 0.15) is 5.75 Å². The summed E-state index contributed by atoms with van der Waals surface area (Å²) in [6, 6.07) is 17.0. The fourth-order valence-corrected chi connectivity index (χ4v) is 3.01. The highest BCUT2D eigenvalue weighted by atomic mass is 16.5. The summed E-state index contributed by atoms with van der Waals surface area (Å²) in [4.78, 5) is 24.3. The van der Waals surface area contributed by atoms with Crippen LogP contribution >= 0.6 is 0 Å². The Morgan fingerprint density at radius 1 is 1.14 bits per heavy atom. The lowest BCUT2D eigenvalue weighted by Gasteiger charge is -2.22. The summed E-state index contributed by atoms with van der Waals surface area (Å²) in [6.45, 7) is 1.35. The van der Waals surface area contributed by atoms with Crippen LogP contribution in [0.4, 0.5) is 0 Å². The molecule has 6 heteroatoms. The monoisotopic (exact) mass is 378 g/mol. The zero-order valence-corrected chi connectivity index (χ0v) is 15.9. The number of rotatable bonds is 6. The molecule has 0 unspecified atom stereocenters. The Hall–Kier alpha value is -3.41. The van der Waals surface area contributed by atoms with Crippen LogP contribution < -0.4 is 4.74 Å². The van der Waals surface area contributed by atoms with E-state index in [0.717, 1.165) is 22.6 Å². The average Bonchev–Trinajstić information content (AvgIpc) is 3.18. The van der Waals surface area contributed by atoms with Gasteiger partial charge in [-0.1, -0.05) is 48.5 Å². The van der Waals surface area contributed by atoms with E-state index in [-0.39, 0.29) is 18.6 Å². The minimum absolute atomic E-state index is 0.269. The molecule has 0 spiro atoms. The molecule has 0 N–H and O–H groups in total. The number of hydrogen-bond donors (Lipinski definition) is 0. The normalized spacial score (nSPS) is 16.1. The highest BCUT2D eigenvalue weighted by Gasteiger charge is 2.33. The molecule has 3 rings (SSSR count). The number of nitrogens with zero attached hydrogens (tertiary/aromatic N) is 2. The second kappa shape index (κ2) is 8.99. The van der Waals surface area contributed by atoms with Crippen molar-refractivity contribution >= 4 is 17.6 Å². The highest BCUT2D eigenvalue weighted by Crippen LogP contribution is 2.33. The Bertz CT molecular complexity index is 889. The van der Waals surface area contributed by atoms with Crippen LogP contribution in [-0.4, -0.2) is 36.3 Å². The van der Waals surface area contributed by atoms with Gasteiger partial charge in [-0.15, -0.1) is 0 Å². The fourth-order valence-electron chi connectivity index (χ4n) is 3.01. The Morgan fingerprint density at radius 3 is 2.50 bits per heavy atom. The molecule has 0 radical (unpaired) electrons. The van der Waals surface area contributed by atoms with Gasteiger partial charge in [-0.3, -0.25) is 4.79 Å². The lowest BCUT2D eigenvalue weighted by molar-refractivity contribution is -0.149. The van der Waals surface area contributed by atoms with Gasteiger partial charge in [0, 0.05) is 12.5 Å². The average molecular weight is 378 g/mol. The van der Waals surface area contributed by atoms with Gasteiger partial charge >= 0.3 is 5.97 Å². The van der Waals surface area contributed by atoms with E-state index >= 15 is 0 Å². The highest BCUT2D eigenvalue weighted by molar-refractivity contribution is 6.03. The maximum absolute atomic E-state index is 12.7. The van der Waals surface area contributed by atoms with E-state index in [4.69, 9.17) is 9.47 Å². The first-order valence-electron chi connectivity index (χ1n) is 9.00. The van der Waals surface area contributed by atoms with E-state index in [1.165, 1.54) is 11.1 Å². The maximum Gasteiger partial charge on any atom is 0.330 e. The van der Waals surface area contributed by atoms with Crippen LogP contribution in [-0.2, 0) is 14.3 Å². The van der Waals surface area contributed by atoms with Gasteiger partial charge in [0.2, 0.25) is 0 Å². The first kappa shape index (κ1) is 19.4. The number of ether oxygens (including phenoxy) is 2. The second-order valence-corrected chi connectivity index (χ2v) is 6.25. The summed E-state index contributed by atoms with van der Waals surface area (Å²) in [6.07, 6.45) is 3.41. The number of carbonyl (C=O) groups is 2. The summed E-state index contributed by atoms with van der Waals surface area (Å²) in [5, 5.41) is 5.95. The summed E-state index contributed by atoms with van der Waals surface area (Å²) in [5.41, 5.74) is 2.71. The Labute approximate surface area is 164 Å². The topological polar surface area (TPSA) is 68.2 Å². The number of amides is 1. The largest absolute Gasteiger partial charge is 0.497 e. The van der Waals surface area contributed by atoms with E-state index in [2.05, 4.69) is 5.10 Å². The first-order valence-corrected chi connectivity index (χ1v) is 9.00. The number of carbonyl (C=O) groups excluding carboxylic acids is 2. The number of methoxy groups -OCH3 is 1. The first-order chi connectivity index (χ1) is 13.6. The summed E-state index contributed by atoms with van der Waals surface area (Å²) >= 11 is 0. The van der Waals surface area contributed by atoms with Crippen molar-refractivity contribution in [1.82, 2.24) is 5.01 Å². The van der Waals surface area contributed by atoms with Gasteiger partial charge in [0.15, 0.2) is 6.61 Å². The molecular formula is C22H22N2O4. The van der Waals surface area contributed by atoms with E-state index < -0.39 is 5.97 Å². The second-order valence-electron chi connectivity index (χ2n) is 6.25. The van der Waals surface area contributed by atoms with Gasteiger partial charge in [0.25, 0.3) is 5.91 Å². The third-order valence-electron chi connectivity index (χ3n) is 4.41. The van der Waals surface area contributed by atoms with Crippen molar-refractivity contribution in [3.8, 4) is 5.75 Å². The fraction of sp³-hybridized carbons (Fsp3) is 0.227. The van der Waals surface area contributed by atoms with E-state index in [1.54, 1.807) is 20.1 Å². The minimum Gasteiger partial charge on any atom is -0.497 e. The van der Waals surface area contributed by atoms with Crippen LogP contribution in [0.25, 0.3) is 0 Å². The minimum atomic E-state index is -0.552. The third kappa shape index (κ3) is 4.46. The molecule has 0 aliphatic carbocycles. The van der Waals surface area contributed by atoms with Gasteiger partial charge in [-0.05, 0) is 30.2 Å². The molecule has 1 amide bonds. The number of allylic oxidation sites excluding steroid dienone is 1. The smallest absolute Gasteiger partial charge is 0.330 e. The molecule has 2 aromatic carbocycles. The van der Waals surface area contributed by atoms with Crippen molar-refractivity contribution in [1.29, 1.82) is 0 Å². The van der Waals surface area contributed by atoms with Crippen molar-refractivity contribution in [3.05, 3.63) is 77.9 Å². The Balaban J connectivity index is 1.84. The predicted molar refractivity (Wildman–Crippen MR) is 106 cm³/mol. The van der Waals surface area contributed by atoms with Gasteiger partial charge in [-0.2, -0.15) is 5.10 Å². The molecule has 0 aromatic heterocycles. The molecule has 144 valence electrons. The number of hydrazone groups is 1. The zero-order chi connectivity index (χ0) is 19.9. The molecule has 0 fully saturated rings. The number of benzene rings is 2. The quantitative estimate of drug-likeness (QED) is 0.570. The van der Waals surface area contributed by atoms with Crippen molar-refractivity contribution < 1.29 is 19.1 Å². The third-order valence-corrected chi connectivity index (χ3v) is 4.41. The van der Waals surface area contributed by atoms with E-state index in [9.17, 15) is 9.59 Å². The van der Waals surface area contributed by atoms with Crippen LogP contribution in [0.3, 0.4) is 0 Å². The van der Waals surface area contributed by atoms with Crippen molar-refractivity contribution in [3.63, 3.8) is 0 Å². The molecular weight excluding hydrogens is 356 g/mol. The Morgan fingerprint density at radius 2 is 1.86 bits per heavy atom. The van der Waals surface area contributed by atoms with E-state index in [1.807, 2.05) is 54.6 Å². The predicted octanol–water partition coefficient (Wildman–Crippen LogP) is 3.49. The summed E-state index contributed by atoms with van der Waals surface area (Å²) in [7, 11) is 1.61. The molecule has 6 nitrogen and oxygen atoms in total. The van der Waals surface area contributed by atoms with Crippen molar-refractivity contribution in [2.24, 2.45) is 5.10 Å². The van der Waals surface area contributed by atoms with Gasteiger partial charge < -0.3 is 9.47 Å². The number of esters is 1. The molecule has 1 atom stereocenters. The standard InChI is InChI=1S/C22H22N2O4/c1-3-7-22(26)28-15-21(25)24-20(17-10-12-18(27-2)13-11-17)14-19(23-24)16-8-5-4-6-9-16/h3-13,20H,14-15H2,1-2H3/b7-3+/t20-/m0/s1. The number of hydrogen-bond acceptors (Lipinski definition) is 5. The summed E-state index contributed by atoms with van der Waals surface area (Å²) < 4.78 is 10.2. The van der Waals surface area contributed by atoms with Crippen molar-refractivity contribution in [2.45, 2.75) is 19.4 Å². The van der Waals surface area contributed by atoms with Crippen LogP contribution in [0.15, 0.2) is 71.9 Å². The molecule has 28 heavy (non-hydrogen) atoms. The van der Waals surface area contributed by atoms with Crippen LogP contribution in [0, 0.1) is 0 Å². The van der Waals surface area contributed by atoms with Crippen LogP contribution in [0.1, 0.15) is 30.5 Å². The van der Waals surface area contributed by atoms with Gasteiger partial charge in [-0.25, -0.2) is 9.80 Å². The molecule has 0 saturated carbocycles. The molecule has 1 aliphatic heterocycles. The molecule has 0 saturated heterocycles. The maximum atomic E-state index is 12.7. The SMILES string of the molecule is C/C=C/C(=O)OCC(=O)N1N=C(c2ccccc2)C[C@H]1c1ccc(OC)cc1. The molecule has 1 heterocycles. The molecule has 0 bridgehead atoms. The van der Waals surface area contributed by atoms with Crippen LogP contribution in [0.2, 0.25) is 0 Å². The van der Waals surface area contributed by atoms with Gasteiger partial charge in [0.05, 0.1) is 18.9 Å².